The van der Waals surface area contributed by atoms with Gasteiger partial charge < -0.3 is 14.8 Å². The number of hydrogen-bond acceptors (Lipinski definition) is 5. The minimum absolute atomic E-state index is 0.0253. The van der Waals surface area contributed by atoms with Crippen LogP contribution in [0.5, 0.6) is 5.75 Å². The van der Waals surface area contributed by atoms with Gasteiger partial charge in [0.05, 0.1) is 18.9 Å². The number of amides is 1. The molecule has 0 aliphatic carbocycles. The highest BCUT2D eigenvalue weighted by Gasteiger charge is 2.30. The summed E-state index contributed by atoms with van der Waals surface area (Å²) in [4.78, 5) is 12.7. The van der Waals surface area contributed by atoms with Gasteiger partial charge in [0.2, 0.25) is 5.91 Å². The molecule has 176 valence electrons. The van der Waals surface area contributed by atoms with Crippen LogP contribution in [0, 0.1) is 20.8 Å². The monoisotopic (exact) mass is 462 g/mol. The standard InChI is InChI=1S/C24H34N2O5S/c1-17(2)31-11-7-10-25-24(27)16-26(21-13-19(4)12-20(5)14-21)32(28,29)23-15-18(3)8-9-22(23)30-6/h8-9,12-15,17H,7,10-11,16H2,1-6H3,(H,25,27). The quantitative estimate of drug-likeness (QED) is 0.514. The SMILES string of the molecule is COc1ccc(C)cc1S(=O)(=O)N(CC(=O)NCCCOC(C)C)c1cc(C)cc(C)c1. The number of aryl methyl sites for hydroxylation is 3. The molecule has 32 heavy (non-hydrogen) atoms. The fourth-order valence-electron chi connectivity index (χ4n) is 3.32. The van der Waals surface area contributed by atoms with Crippen LogP contribution in [0.2, 0.25) is 0 Å². The van der Waals surface area contributed by atoms with Gasteiger partial charge in [-0.3, -0.25) is 9.10 Å². The third-order valence-electron chi connectivity index (χ3n) is 4.76. The first-order chi connectivity index (χ1) is 15.0. The maximum atomic E-state index is 13.7. The van der Waals surface area contributed by atoms with Crippen molar-refractivity contribution < 1.29 is 22.7 Å². The number of nitrogens with one attached hydrogen (secondary N) is 1. The number of rotatable bonds is 11. The van der Waals surface area contributed by atoms with Crippen molar-refractivity contribution in [3.8, 4) is 5.75 Å². The lowest BCUT2D eigenvalue weighted by molar-refractivity contribution is -0.119. The maximum Gasteiger partial charge on any atom is 0.268 e. The van der Waals surface area contributed by atoms with Crippen LogP contribution >= 0.6 is 0 Å². The highest BCUT2D eigenvalue weighted by molar-refractivity contribution is 7.93. The average molecular weight is 463 g/mol. The number of carbonyl (C=O) groups excluding carboxylic acids is 1. The fourth-order valence-corrected chi connectivity index (χ4v) is 4.97. The summed E-state index contributed by atoms with van der Waals surface area (Å²) >= 11 is 0. The van der Waals surface area contributed by atoms with E-state index in [-0.39, 0.29) is 29.2 Å². The van der Waals surface area contributed by atoms with Gasteiger partial charge in [0.25, 0.3) is 10.0 Å². The molecule has 0 aliphatic rings. The van der Waals surface area contributed by atoms with Crippen LogP contribution in [0.1, 0.15) is 37.0 Å². The third-order valence-corrected chi connectivity index (χ3v) is 6.56. The van der Waals surface area contributed by atoms with Gasteiger partial charge in [-0.2, -0.15) is 0 Å². The molecule has 8 heteroatoms. The van der Waals surface area contributed by atoms with Gasteiger partial charge in [0.1, 0.15) is 17.2 Å². The molecule has 1 N–H and O–H groups in total. The predicted molar refractivity (Wildman–Crippen MR) is 127 cm³/mol. The van der Waals surface area contributed by atoms with Crippen molar-refractivity contribution in [3.63, 3.8) is 0 Å². The van der Waals surface area contributed by atoms with Crippen LogP contribution in [0.4, 0.5) is 5.69 Å². The Morgan fingerprint density at radius 2 is 1.69 bits per heavy atom. The van der Waals surface area contributed by atoms with Gasteiger partial charge in [-0.25, -0.2) is 8.42 Å². The molecular formula is C24H34N2O5S. The van der Waals surface area contributed by atoms with Crippen molar-refractivity contribution in [1.29, 1.82) is 0 Å². The molecule has 2 rings (SSSR count). The largest absolute Gasteiger partial charge is 0.495 e. The van der Waals surface area contributed by atoms with E-state index in [2.05, 4.69) is 5.32 Å². The first kappa shape index (κ1) is 25.7. The number of carbonyl (C=O) groups is 1. The molecular weight excluding hydrogens is 428 g/mol. The van der Waals surface area contributed by atoms with Crippen LogP contribution in [-0.4, -0.2) is 47.2 Å². The van der Waals surface area contributed by atoms with E-state index >= 15 is 0 Å². The Kier molecular flexibility index (Phi) is 9.09. The lowest BCUT2D eigenvalue weighted by Gasteiger charge is -2.26. The highest BCUT2D eigenvalue weighted by atomic mass is 32.2. The Labute approximate surface area is 191 Å². The average Bonchev–Trinajstić information content (AvgIpc) is 2.70. The van der Waals surface area contributed by atoms with E-state index in [1.807, 2.05) is 40.7 Å². The molecule has 2 aromatic carbocycles. The lowest BCUT2D eigenvalue weighted by atomic mass is 10.1. The molecule has 0 atom stereocenters. The Hall–Kier alpha value is -2.58. The molecule has 0 fully saturated rings. The van der Waals surface area contributed by atoms with Gasteiger partial charge in [-0.15, -0.1) is 0 Å². The Morgan fingerprint density at radius 1 is 1.03 bits per heavy atom. The van der Waals surface area contributed by atoms with Crippen molar-refractivity contribution in [3.05, 3.63) is 53.1 Å². The molecule has 1 amide bonds. The second-order valence-corrected chi connectivity index (χ2v) is 9.97. The highest BCUT2D eigenvalue weighted by Crippen LogP contribution is 2.31. The van der Waals surface area contributed by atoms with Gasteiger partial charge in [0, 0.05) is 13.2 Å². The molecule has 0 heterocycles. The molecule has 0 aliphatic heterocycles. The first-order valence-electron chi connectivity index (χ1n) is 10.7. The predicted octanol–water partition coefficient (Wildman–Crippen LogP) is 3.75. The van der Waals surface area contributed by atoms with E-state index < -0.39 is 10.0 Å². The first-order valence-corrected chi connectivity index (χ1v) is 12.1. The second kappa shape index (κ2) is 11.3. The number of sulfonamides is 1. The molecule has 0 saturated heterocycles. The maximum absolute atomic E-state index is 13.7. The minimum atomic E-state index is -4.07. The van der Waals surface area contributed by atoms with Crippen LogP contribution < -0.4 is 14.4 Å². The normalized spacial score (nSPS) is 11.5. The van der Waals surface area contributed by atoms with Crippen molar-refractivity contribution >= 4 is 21.6 Å². The zero-order valence-electron chi connectivity index (χ0n) is 19.8. The molecule has 0 unspecified atom stereocenters. The molecule has 0 bridgehead atoms. The molecule has 0 saturated carbocycles. The minimum Gasteiger partial charge on any atom is -0.495 e. The lowest BCUT2D eigenvalue weighted by Crippen LogP contribution is -2.41. The number of hydrogen-bond donors (Lipinski definition) is 1. The van der Waals surface area contributed by atoms with Crippen molar-refractivity contribution in [2.45, 2.75) is 52.0 Å². The van der Waals surface area contributed by atoms with Crippen LogP contribution in [0.3, 0.4) is 0 Å². The van der Waals surface area contributed by atoms with E-state index in [0.717, 1.165) is 21.0 Å². The molecule has 0 spiro atoms. The van der Waals surface area contributed by atoms with Gasteiger partial charge in [0.15, 0.2) is 0 Å². The zero-order valence-corrected chi connectivity index (χ0v) is 20.6. The van der Waals surface area contributed by atoms with Crippen LogP contribution in [0.15, 0.2) is 41.3 Å². The zero-order chi connectivity index (χ0) is 23.9. The Bertz CT molecular complexity index is 1010. The van der Waals surface area contributed by atoms with E-state index in [9.17, 15) is 13.2 Å². The number of benzene rings is 2. The fraction of sp³-hybridized carbons (Fsp3) is 0.458. The topological polar surface area (TPSA) is 84.9 Å². The van der Waals surface area contributed by atoms with E-state index in [4.69, 9.17) is 9.47 Å². The number of nitrogens with zero attached hydrogens (tertiary/aromatic N) is 1. The summed E-state index contributed by atoms with van der Waals surface area (Å²) in [6, 6.07) is 10.4. The molecule has 2 aromatic rings. The van der Waals surface area contributed by atoms with Gasteiger partial charge in [-0.1, -0.05) is 12.1 Å². The van der Waals surface area contributed by atoms with E-state index in [0.29, 0.717) is 25.3 Å². The van der Waals surface area contributed by atoms with Gasteiger partial charge >= 0.3 is 0 Å². The van der Waals surface area contributed by atoms with Crippen LogP contribution in [0.25, 0.3) is 0 Å². The summed E-state index contributed by atoms with van der Waals surface area (Å²) in [5, 5.41) is 2.79. The second-order valence-electron chi connectivity index (χ2n) is 8.13. The number of anilines is 1. The third kappa shape index (κ3) is 6.97. The molecule has 7 nitrogen and oxygen atoms in total. The van der Waals surface area contributed by atoms with Crippen molar-refractivity contribution in [2.75, 3.05) is 31.1 Å². The number of ether oxygens (including phenoxy) is 2. The Morgan fingerprint density at radius 3 is 2.28 bits per heavy atom. The summed E-state index contributed by atoms with van der Waals surface area (Å²) in [5.74, 6) is -0.153. The summed E-state index contributed by atoms with van der Waals surface area (Å²) in [6.45, 7) is 10.1. The summed E-state index contributed by atoms with van der Waals surface area (Å²) in [7, 11) is -2.64. The van der Waals surface area contributed by atoms with E-state index in [1.54, 1.807) is 30.3 Å². The smallest absolute Gasteiger partial charge is 0.268 e. The van der Waals surface area contributed by atoms with Gasteiger partial charge in [-0.05, 0) is 82.0 Å². The van der Waals surface area contributed by atoms with Crippen molar-refractivity contribution in [2.24, 2.45) is 0 Å². The number of methoxy groups -OCH3 is 1. The Balaban J connectivity index is 2.35. The summed E-state index contributed by atoms with van der Waals surface area (Å²) in [6.07, 6.45) is 0.770. The molecule has 0 radical (unpaired) electrons. The van der Waals surface area contributed by atoms with E-state index in [1.165, 1.54) is 7.11 Å². The van der Waals surface area contributed by atoms with Crippen LogP contribution in [-0.2, 0) is 19.6 Å². The summed E-state index contributed by atoms with van der Waals surface area (Å²) in [5.41, 5.74) is 3.02. The molecule has 0 aromatic heterocycles. The summed E-state index contributed by atoms with van der Waals surface area (Å²) < 4.78 is 39.4. The van der Waals surface area contributed by atoms with Crippen molar-refractivity contribution in [1.82, 2.24) is 5.32 Å².